The second-order valence-electron chi connectivity index (χ2n) is 5.48. The van der Waals surface area contributed by atoms with Crippen molar-refractivity contribution in [3.63, 3.8) is 0 Å². The van der Waals surface area contributed by atoms with Gasteiger partial charge in [0.2, 0.25) is 0 Å². The Morgan fingerprint density at radius 2 is 1.90 bits per heavy atom. The highest BCUT2D eigenvalue weighted by Gasteiger charge is 2.32. The molecule has 0 saturated heterocycles. The lowest BCUT2D eigenvalue weighted by Gasteiger charge is -2.23. The van der Waals surface area contributed by atoms with Gasteiger partial charge in [-0.15, -0.1) is 0 Å². The van der Waals surface area contributed by atoms with E-state index in [9.17, 15) is 13.2 Å². The molecule has 2 atom stereocenters. The quantitative estimate of drug-likeness (QED) is 0.695. The lowest BCUT2D eigenvalue weighted by molar-refractivity contribution is -0.141. The highest BCUT2D eigenvalue weighted by Crippen LogP contribution is 2.28. The van der Waals surface area contributed by atoms with Crippen LogP contribution in [-0.2, 0) is 17.5 Å². The van der Waals surface area contributed by atoms with Gasteiger partial charge in [-0.2, -0.15) is 13.2 Å². The van der Waals surface area contributed by atoms with Crippen molar-refractivity contribution in [2.75, 3.05) is 0 Å². The van der Waals surface area contributed by atoms with Gasteiger partial charge in [0.25, 0.3) is 0 Å². The Morgan fingerprint density at radius 1 is 1.24 bits per heavy atom. The Balaban J connectivity index is 2.78. The maximum atomic E-state index is 12.7. The van der Waals surface area contributed by atoms with Gasteiger partial charge in [0, 0.05) is 0 Å². The van der Waals surface area contributed by atoms with Crippen molar-refractivity contribution < 1.29 is 17.9 Å². The molecule has 0 aliphatic rings. The smallest absolute Gasteiger partial charge is 0.372 e. The number of pyridine rings is 1. The molecule has 1 heterocycles. The molecule has 5 heteroatoms. The summed E-state index contributed by atoms with van der Waals surface area (Å²) in [6, 6.07) is 2.46. The zero-order valence-corrected chi connectivity index (χ0v) is 13.1. The van der Waals surface area contributed by atoms with Crippen molar-refractivity contribution in [2.45, 2.75) is 65.8 Å². The molecule has 1 aromatic rings. The fraction of sp³-hybridized carbons (Fsp3) is 0.688. The summed E-state index contributed by atoms with van der Waals surface area (Å²) in [4.78, 5) is 3.71. The molecule has 21 heavy (non-hydrogen) atoms. The predicted octanol–water partition coefficient (Wildman–Crippen LogP) is 5.14. The van der Waals surface area contributed by atoms with Crippen LogP contribution in [0.15, 0.2) is 12.1 Å². The van der Waals surface area contributed by atoms with Gasteiger partial charge in [0.05, 0.1) is 18.4 Å². The van der Waals surface area contributed by atoms with Crippen LogP contribution >= 0.6 is 0 Å². The summed E-state index contributed by atoms with van der Waals surface area (Å²) >= 11 is 0. The predicted molar refractivity (Wildman–Crippen MR) is 76.9 cm³/mol. The van der Waals surface area contributed by atoms with Crippen LogP contribution in [-0.4, -0.2) is 11.1 Å². The van der Waals surface area contributed by atoms with E-state index < -0.39 is 11.9 Å². The van der Waals surface area contributed by atoms with Gasteiger partial charge >= 0.3 is 6.18 Å². The first-order chi connectivity index (χ1) is 9.79. The Hall–Kier alpha value is -1.10. The van der Waals surface area contributed by atoms with E-state index in [0.717, 1.165) is 30.9 Å². The van der Waals surface area contributed by atoms with Crippen molar-refractivity contribution in [3.05, 3.63) is 29.1 Å². The van der Waals surface area contributed by atoms with Crippen LogP contribution in [0.4, 0.5) is 13.2 Å². The van der Waals surface area contributed by atoms with Gasteiger partial charge < -0.3 is 4.74 Å². The molecule has 1 aromatic heterocycles. The number of hydrogen-bond donors (Lipinski definition) is 0. The summed E-state index contributed by atoms with van der Waals surface area (Å²) in [6.07, 6.45) is -1.39. The number of nitrogens with zero attached hydrogens (tertiary/aromatic N) is 1. The van der Waals surface area contributed by atoms with E-state index in [2.05, 4.69) is 18.8 Å². The van der Waals surface area contributed by atoms with Gasteiger partial charge in [-0.1, -0.05) is 33.3 Å². The van der Waals surface area contributed by atoms with Gasteiger partial charge in [-0.25, -0.2) is 4.98 Å². The summed E-state index contributed by atoms with van der Waals surface area (Å²) in [5.74, 6) is 0.395. The van der Waals surface area contributed by atoms with Gasteiger partial charge in [0.15, 0.2) is 0 Å². The third-order valence-corrected chi connectivity index (χ3v) is 3.71. The summed E-state index contributed by atoms with van der Waals surface area (Å²) in [5, 5.41) is 0. The molecule has 120 valence electrons. The molecule has 0 bridgehead atoms. The summed E-state index contributed by atoms with van der Waals surface area (Å²) in [7, 11) is 0. The molecule has 0 spiro atoms. The van der Waals surface area contributed by atoms with Gasteiger partial charge in [-0.05, 0) is 37.3 Å². The van der Waals surface area contributed by atoms with Crippen LogP contribution in [0.2, 0.25) is 0 Å². The molecule has 1 rings (SSSR count). The Bertz CT molecular complexity index is 446. The maximum absolute atomic E-state index is 12.7. The SMILES string of the molecule is CCC[C@H](C)[C@@H](CC)OCc1nc(C(F)(F)F)ccc1C. The van der Waals surface area contributed by atoms with E-state index in [1.807, 2.05) is 6.92 Å². The average molecular weight is 303 g/mol. The van der Waals surface area contributed by atoms with Crippen molar-refractivity contribution in [1.82, 2.24) is 4.98 Å². The standard InChI is InChI=1S/C16H24F3NO/c1-5-7-12(4)14(6-2)21-10-13-11(3)8-9-15(20-13)16(17,18)19/h8-9,12,14H,5-7,10H2,1-4H3/t12-,14+/m0/s1. The van der Waals surface area contributed by atoms with E-state index in [4.69, 9.17) is 4.74 Å². The molecule has 0 fully saturated rings. The lowest BCUT2D eigenvalue weighted by Crippen LogP contribution is -2.21. The second kappa shape index (κ2) is 7.78. The van der Waals surface area contributed by atoms with E-state index in [0.29, 0.717) is 11.6 Å². The molecule has 0 aliphatic carbocycles. The van der Waals surface area contributed by atoms with Crippen molar-refractivity contribution in [3.8, 4) is 0 Å². The summed E-state index contributed by atoms with van der Waals surface area (Å²) in [6.45, 7) is 8.14. The normalized spacial score (nSPS) is 15.0. The molecule has 0 unspecified atom stereocenters. The number of aromatic nitrogens is 1. The van der Waals surface area contributed by atoms with Crippen LogP contribution in [0.25, 0.3) is 0 Å². The minimum absolute atomic E-state index is 0.0562. The number of aryl methyl sites for hydroxylation is 1. The number of halogens is 3. The van der Waals surface area contributed by atoms with Crippen LogP contribution in [0.1, 0.15) is 57.0 Å². The number of ether oxygens (including phenoxy) is 1. The van der Waals surface area contributed by atoms with E-state index >= 15 is 0 Å². The highest BCUT2D eigenvalue weighted by atomic mass is 19.4. The Kier molecular flexibility index (Phi) is 6.65. The maximum Gasteiger partial charge on any atom is 0.433 e. The molecule has 0 N–H and O–H groups in total. The van der Waals surface area contributed by atoms with E-state index in [1.54, 1.807) is 6.92 Å². The average Bonchev–Trinajstić information content (AvgIpc) is 2.40. The fourth-order valence-electron chi connectivity index (χ4n) is 2.39. The minimum atomic E-state index is -4.41. The molecule has 0 saturated carbocycles. The molecule has 0 aliphatic heterocycles. The second-order valence-corrected chi connectivity index (χ2v) is 5.48. The lowest BCUT2D eigenvalue weighted by atomic mass is 9.97. The Labute approximate surface area is 124 Å². The largest absolute Gasteiger partial charge is 0.433 e. The van der Waals surface area contributed by atoms with Crippen molar-refractivity contribution in [1.29, 1.82) is 0 Å². The molecular formula is C16H24F3NO. The van der Waals surface area contributed by atoms with Crippen molar-refractivity contribution >= 4 is 0 Å². The summed E-state index contributed by atoms with van der Waals surface area (Å²) < 4.78 is 43.9. The topological polar surface area (TPSA) is 22.1 Å². The van der Waals surface area contributed by atoms with Crippen LogP contribution in [0, 0.1) is 12.8 Å². The third kappa shape index (κ3) is 5.30. The van der Waals surface area contributed by atoms with E-state index in [1.165, 1.54) is 6.07 Å². The number of hydrogen-bond acceptors (Lipinski definition) is 2. The van der Waals surface area contributed by atoms with Gasteiger partial charge in [0.1, 0.15) is 5.69 Å². The molecule has 0 aromatic carbocycles. The third-order valence-electron chi connectivity index (χ3n) is 3.71. The van der Waals surface area contributed by atoms with E-state index in [-0.39, 0.29) is 12.7 Å². The zero-order chi connectivity index (χ0) is 16.0. The molecule has 2 nitrogen and oxygen atoms in total. The van der Waals surface area contributed by atoms with Gasteiger partial charge in [-0.3, -0.25) is 0 Å². The molecular weight excluding hydrogens is 279 g/mol. The molecule has 0 amide bonds. The number of rotatable bonds is 7. The van der Waals surface area contributed by atoms with Crippen LogP contribution in [0.3, 0.4) is 0 Å². The fourth-order valence-corrected chi connectivity index (χ4v) is 2.39. The first-order valence-corrected chi connectivity index (χ1v) is 7.44. The first kappa shape index (κ1) is 18.0. The number of alkyl halides is 3. The Morgan fingerprint density at radius 3 is 2.43 bits per heavy atom. The monoisotopic (exact) mass is 303 g/mol. The van der Waals surface area contributed by atoms with Crippen LogP contribution < -0.4 is 0 Å². The summed E-state index contributed by atoms with van der Waals surface area (Å²) in [5.41, 5.74) is 0.231. The molecule has 0 radical (unpaired) electrons. The van der Waals surface area contributed by atoms with Crippen molar-refractivity contribution in [2.24, 2.45) is 5.92 Å². The first-order valence-electron chi connectivity index (χ1n) is 7.44. The zero-order valence-electron chi connectivity index (χ0n) is 13.1. The van der Waals surface area contributed by atoms with Crippen LogP contribution in [0.5, 0.6) is 0 Å². The minimum Gasteiger partial charge on any atom is -0.372 e. The highest BCUT2D eigenvalue weighted by molar-refractivity contribution is 5.22.